The second-order valence-corrected chi connectivity index (χ2v) is 4.38. The second kappa shape index (κ2) is 4.24. The number of rotatable bonds is 1. The molecule has 2 aromatic rings. The van der Waals surface area contributed by atoms with Gasteiger partial charge in [-0.2, -0.15) is 9.98 Å². The Morgan fingerprint density at radius 1 is 1.53 bits per heavy atom. The van der Waals surface area contributed by atoms with Crippen LogP contribution in [0.25, 0.3) is 11.1 Å². The summed E-state index contributed by atoms with van der Waals surface area (Å²) in [4.78, 5) is 8.41. The summed E-state index contributed by atoms with van der Waals surface area (Å²) >= 11 is 7.40. The zero-order valence-corrected chi connectivity index (χ0v) is 9.89. The number of halogens is 1. The van der Waals surface area contributed by atoms with Gasteiger partial charge in [0.25, 0.3) is 0 Å². The zero-order valence-electron chi connectivity index (χ0n) is 8.32. The first-order valence-corrected chi connectivity index (χ1v) is 5.94. The van der Waals surface area contributed by atoms with E-state index in [1.54, 1.807) is 30.0 Å². The van der Waals surface area contributed by atoms with Crippen LogP contribution in [-0.4, -0.2) is 16.3 Å². The summed E-state index contributed by atoms with van der Waals surface area (Å²) < 4.78 is 5.42. The summed E-state index contributed by atoms with van der Waals surface area (Å²) in [5.74, 6) is 0. The van der Waals surface area contributed by atoms with Crippen molar-refractivity contribution in [1.82, 2.24) is 4.98 Å². The van der Waals surface area contributed by atoms with Crippen molar-refractivity contribution in [1.29, 1.82) is 0 Å². The predicted octanol–water partition coefficient (Wildman–Crippen LogP) is 3.89. The highest BCUT2D eigenvalue weighted by molar-refractivity contribution is 8.13. The van der Waals surface area contributed by atoms with Crippen molar-refractivity contribution in [3.05, 3.63) is 23.2 Å². The van der Waals surface area contributed by atoms with Gasteiger partial charge >= 0.3 is 6.01 Å². The minimum atomic E-state index is 0.374. The fourth-order valence-electron chi connectivity index (χ4n) is 1.12. The van der Waals surface area contributed by atoms with E-state index >= 15 is 0 Å². The lowest BCUT2D eigenvalue weighted by atomic mass is 10.3. The predicted molar refractivity (Wildman–Crippen MR) is 65.3 cm³/mol. The van der Waals surface area contributed by atoms with Gasteiger partial charge in [-0.3, -0.25) is 0 Å². The van der Waals surface area contributed by atoms with Gasteiger partial charge in [-0.25, -0.2) is 0 Å². The van der Waals surface area contributed by atoms with Crippen LogP contribution in [0.2, 0.25) is 5.02 Å². The highest BCUT2D eigenvalue weighted by atomic mass is 35.5. The second-order valence-electron chi connectivity index (χ2n) is 2.94. The van der Waals surface area contributed by atoms with Crippen molar-refractivity contribution in [2.24, 2.45) is 4.99 Å². The van der Waals surface area contributed by atoms with Crippen molar-refractivity contribution >= 4 is 45.5 Å². The Hall–Kier alpha value is -1.00. The Balaban J connectivity index is 2.47. The number of nitrogens with zero attached hydrogens (tertiary/aromatic N) is 2. The minimum absolute atomic E-state index is 0.374. The van der Waals surface area contributed by atoms with E-state index in [9.17, 15) is 0 Å². The lowest BCUT2D eigenvalue weighted by Gasteiger charge is -1.88. The molecule has 2 rings (SSSR count). The SMILES string of the molecule is CSC(C)=Nc1nc2cc(Cl)ccc2o1. The molecule has 15 heavy (non-hydrogen) atoms. The van der Waals surface area contributed by atoms with Gasteiger partial charge < -0.3 is 4.42 Å². The third kappa shape index (κ3) is 2.33. The third-order valence-corrected chi connectivity index (χ3v) is 2.80. The highest BCUT2D eigenvalue weighted by Gasteiger charge is 2.04. The number of hydrogen-bond donors (Lipinski definition) is 0. The zero-order chi connectivity index (χ0) is 10.8. The first-order valence-electron chi connectivity index (χ1n) is 4.34. The van der Waals surface area contributed by atoms with Gasteiger partial charge in [0.1, 0.15) is 5.52 Å². The first-order chi connectivity index (χ1) is 7.19. The molecule has 0 saturated heterocycles. The number of thioether (sulfide) groups is 1. The van der Waals surface area contributed by atoms with Crippen LogP contribution in [0, 0.1) is 0 Å². The number of fused-ring (bicyclic) bond motifs is 1. The molecule has 0 unspecified atom stereocenters. The Morgan fingerprint density at radius 3 is 3.07 bits per heavy atom. The molecule has 0 radical (unpaired) electrons. The summed E-state index contributed by atoms with van der Waals surface area (Å²) in [7, 11) is 0. The standard InChI is InChI=1S/C10H9ClN2OS/c1-6(15-2)12-10-13-8-5-7(11)3-4-9(8)14-10/h3-5H,1-2H3. The van der Waals surface area contributed by atoms with Gasteiger partial charge in [0.15, 0.2) is 5.58 Å². The molecule has 1 aromatic carbocycles. The van der Waals surface area contributed by atoms with Gasteiger partial charge in [-0.15, -0.1) is 11.8 Å². The number of aromatic nitrogens is 1. The van der Waals surface area contributed by atoms with Crippen LogP contribution < -0.4 is 0 Å². The van der Waals surface area contributed by atoms with Crippen LogP contribution in [0.4, 0.5) is 6.01 Å². The van der Waals surface area contributed by atoms with Gasteiger partial charge in [-0.05, 0) is 31.4 Å². The van der Waals surface area contributed by atoms with Gasteiger partial charge in [0, 0.05) is 5.02 Å². The fourth-order valence-corrected chi connectivity index (χ4v) is 1.45. The molecule has 1 heterocycles. The van der Waals surface area contributed by atoms with E-state index in [4.69, 9.17) is 16.0 Å². The molecule has 5 heteroatoms. The Bertz CT molecular complexity index is 521. The molecular weight excluding hydrogens is 232 g/mol. The van der Waals surface area contributed by atoms with E-state index in [0.29, 0.717) is 16.6 Å². The quantitative estimate of drug-likeness (QED) is 0.561. The van der Waals surface area contributed by atoms with Crippen molar-refractivity contribution in [3.63, 3.8) is 0 Å². The molecule has 0 fully saturated rings. The van der Waals surface area contributed by atoms with Crippen molar-refractivity contribution in [3.8, 4) is 0 Å². The molecule has 0 aliphatic carbocycles. The summed E-state index contributed by atoms with van der Waals surface area (Å²) in [6, 6.07) is 5.69. The normalized spacial score (nSPS) is 12.3. The number of benzene rings is 1. The van der Waals surface area contributed by atoms with Crippen molar-refractivity contribution in [2.75, 3.05) is 6.26 Å². The molecule has 0 aliphatic rings. The highest BCUT2D eigenvalue weighted by Crippen LogP contribution is 2.24. The van der Waals surface area contributed by atoms with Gasteiger partial charge in [0.05, 0.1) is 5.04 Å². The lowest BCUT2D eigenvalue weighted by molar-refractivity contribution is 0.614. The van der Waals surface area contributed by atoms with Gasteiger partial charge in [0.2, 0.25) is 0 Å². The van der Waals surface area contributed by atoms with E-state index in [1.165, 1.54) is 0 Å². The Labute approximate surface area is 96.5 Å². The van der Waals surface area contributed by atoms with E-state index in [2.05, 4.69) is 9.98 Å². The molecule has 0 aliphatic heterocycles. The maximum absolute atomic E-state index is 5.84. The number of hydrogen-bond acceptors (Lipinski definition) is 4. The molecule has 3 nitrogen and oxygen atoms in total. The molecule has 0 bridgehead atoms. The van der Waals surface area contributed by atoms with E-state index in [-0.39, 0.29) is 0 Å². The third-order valence-electron chi connectivity index (χ3n) is 1.89. The van der Waals surface area contributed by atoms with Crippen LogP contribution in [-0.2, 0) is 0 Å². The van der Waals surface area contributed by atoms with Crippen molar-refractivity contribution < 1.29 is 4.42 Å². The van der Waals surface area contributed by atoms with E-state index < -0.39 is 0 Å². The maximum Gasteiger partial charge on any atom is 0.323 e. The van der Waals surface area contributed by atoms with Crippen LogP contribution in [0.15, 0.2) is 27.6 Å². The average molecular weight is 241 g/mol. The molecule has 1 aromatic heterocycles. The maximum atomic E-state index is 5.84. The monoisotopic (exact) mass is 240 g/mol. The molecular formula is C10H9ClN2OS. The number of oxazole rings is 1. The summed E-state index contributed by atoms with van der Waals surface area (Å²) in [5.41, 5.74) is 1.43. The summed E-state index contributed by atoms with van der Waals surface area (Å²) in [5, 5.41) is 1.56. The van der Waals surface area contributed by atoms with Crippen LogP contribution in [0.3, 0.4) is 0 Å². The average Bonchev–Trinajstić information content (AvgIpc) is 2.59. The molecule has 0 atom stereocenters. The summed E-state index contributed by atoms with van der Waals surface area (Å²) in [6.45, 7) is 1.91. The van der Waals surface area contributed by atoms with E-state index in [1.807, 2.05) is 13.2 Å². The fraction of sp³-hybridized carbons (Fsp3) is 0.200. The topological polar surface area (TPSA) is 38.4 Å². The van der Waals surface area contributed by atoms with Crippen LogP contribution >= 0.6 is 23.4 Å². The summed E-state index contributed by atoms with van der Waals surface area (Å²) in [6.07, 6.45) is 1.96. The molecule has 0 amide bonds. The van der Waals surface area contributed by atoms with Crippen molar-refractivity contribution in [2.45, 2.75) is 6.92 Å². The number of aliphatic imine (C=N–C) groups is 1. The smallest absolute Gasteiger partial charge is 0.323 e. The molecule has 78 valence electrons. The van der Waals surface area contributed by atoms with Crippen LogP contribution in [0.5, 0.6) is 0 Å². The molecule has 0 spiro atoms. The largest absolute Gasteiger partial charge is 0.422 e. The van der Waals surface area contributed by atoms with Gasteiger partial charge in [-0.1, -0.05) is 11.6 Å². The Kier molecular flexibility index (Phi) is 2.98. The minimum Gasteiger partial charge on any atom is -0.422 e. The lowest BCUT2D eigenvalue weighted by Crippen LogP contribution is -1.78. The molecule has 0 N–H and O–H groups in total. The Morgan fingerprint density at radius 2 is 2.33 bits per heavy atom. The van der Waals surface area contributed by atoms with Crippen LogP contribution in [0.1, 0.15) is 6.92 Å². The van der Waals surface area contributed by atoms with E-state index in [0.717, 1.165) is 10.6 Å². The first kappa shape index (κ1) is 10.5. The molecule has 0 saturated carbocycles.